The highest BCUT2D eigenvalue weighted by atomic mass is 32.1. The maximum absolute atomic E-state index is 12.4. The minimum Gasteiger partial charge on any atom is -0.338 e. The van der Waals surface area contributed by atoms with E-state index >= 15 is 0 Å². The van der Waals surface area contributed by atoms with Crippen LogP contribution in [0.2, 0.25) is 0 Å². The molecule has 0 saturated heterocycles. The first-order chi connectivity index (χ1) is 13.1. The first kappa shape index (κ1) is 17.4. The van der Waals surface area contributed by atoms with Gasteiger partial charge in [-0.1, -0.05) is 6.07 Å². The number of nitrogens with zero attached hydrogens (tertiary/aromatic N) is 2. The van der Waals surface area contributed by atoms with Crippen molar-refractivity contribution in [2.75, 3.05) is 12.4 Å². The van der Waals surface area contributed by atoms with E-state index in [1.54, 1.807) is 41.6 Å². The fourth-order valence-corrected chi connectivity index (χ4v) is 3.90. The molecule has 136 valence electrons. The minimum absolute atomic E-state index is 0.00395. The van der Waals surface area contributed by atoms with E-state index in [0.29, 0.717) is 25.2 Å². The van der Waals surface area contributed by atoms with Crippen LogP contribution in [-0.4, -0.2) is 28.7 Å². The molecule has 0 atom stereocenters. The number of benzene rings is 1. The summed E-state index contributed by atoms with van der Waals surface area (Å²) in [6.07, 6.45) is 6.14. The molecule has 2 aromatic heterocycles. The summed E-state index contributed by atoms with van der Waals surface area (Å²) in [4.78, 5) is 29.8. The number of carbonyl (C=O) groups is 2. The third-order valence-corrected chi connectivity index (χ3v) is 5.50. The van der Waals surface area contributed by atoms with Crippen LogP contribution in [-0.2, 0) is 22.6 Å². The second kappa shape index (κ2) is 7.32. The lowest BCUT2D eigenvalue weighted by Crippen LogP contribution is -2.24. The summed E-state index contributed by atoms with van der Waals surface area (Å²) < 4.78 is 1.25. The van der Waals surface area contributed by atoms with Crippen molar-refractivity contribution in [3.63, 3.8) is 0 Å². The Morgan fingerprint density at radius 3 is 3.07 bits per heavy atom. The van der Waals surface area contributed by atoms with Crippen molar-refractivity contribution in [1.82, 2.24) is 9.88 Å². The molecule has 3 aromatic rings. The summed E-state index contributed by atoms with van der Waals surface area (Å²) in [5.74, 6) is 0.554. The second-order valence-corrected chi connectivity index (χ2v) is 7.59. The van der Waals surface area contributed by atoms with Gasteiger partial charge in [0, 0.05) is 37.0 Å². The highest BCUT2D eigenvalue weighted by Crippen LogP contribution is 2.23. The van der Waals surface area contributed by atoms with Gasteiger partial charge in [0.1, 0.15) is 5.82 Å². The lowest BCUT2D eigenvalue weighted by atomic mass is 10.0. The third kappa shape index (κ3) is 3.90. The first-order valence-electron chi connectivity index (χ1n) is 8.76. The summed E-state index contributed by atoms with van der Waals surface area (Å²) in [5, 5.41) is 6.04. The van der Waals surface area contributed by atoms with Gasteiger partial charge in [0.15, 0.2) is 0 Å². The number of pyridine rings is 1. The molecule has 0 radical (unpaired) electrons. The average molecular weight is 377 g/mol. The molecule has 4 rings (SSSR count). The minimum atomic E-state index is -0.0635. The number of aryl methyl sites for hydroxylation is 1. The fourth-order valence-electron chi connectivity index (χ4n) is 3.13. The Morgan fingerprint density at radius 1 is 1.30 bits per heavy atom. The van der Waals surface area contributed by atoms with E-state index in [1.165, 1.54) is 10.1 Å². The topological polar surface area (TPSA) is 62.3 Å². The predicted octanol–water partition coefficient (Wildman–Crippen LogP) is 3.85. The van der Waals surface area contributed by atoms with Gasteiger partial charge in [-0.05, 0) is 64.2 Å². The molecule has 1 aromatic carbocycles. The van der Waals surface area contributed by atoms with Gasteiger partial charge in [-0.15, -0.1) is 11.3 Å². The van der Waals surface area contributed by atoms with Crippen molar-refractivity contribution in [2.24, 2.45) is 0 Å². The van der Waals surface area contributed by atoms with Crippen molar-refractivity contribution in [2.45, 2.75) is 19.4 Å². The SMILES string of the molecule is CN(Cc1ccc2sccc2c1)C(=O)/C=C/c1cnc2c(c1)CCC(=O)N2. The summed E-state index contributed by atoms with van der Waals surface area (Å²) in [7, 11) is 1.80. The normalized spacial score (nSPS) is 13.6. The standard InChI is InChI=1S/C21H19N3O2S/c1-24(13-15-2-5-18-16(11-15)8-9-27-18)20(26)7-3-14-10-17-4-6-19(25)23-21(17)22-12-14/h2-3,5,7-12H,4,6,13H2,1H3,(H,22,23,25)/b7-3+. The van der Waals surface area contributed by atoms with E-state index in [2.05, 4.69) is 39.9 Å². The molecule has 27 heavy (non-hydrogen) atoms. The Morgan fingerprint density at radius 2 is 2.19 bits per heavy atom. The van der Waals surface area contributed by atoms with E-state index < -0.39 is 0 Å². The molecular weight excluding hydrogens is 358 g/mol. The molecule has 1 aliphatic heterocycles. The molecule has 5 nitrogen and oxygen atoms in total. The van der Waals surface area contributed by atoms with E-state index in [-0.39, 0.29) is 11.8 Å². The number of likely N-dealkylation sites (N-methyl/N-ethyl adjacent to an activating group) is 1. The number of rotatable bonds is 4. The Kier molecular flexibility index (Phi) is 4.73. The average Bonchev–Trinajstić information content (AvgIpc) is 3.13. The molecule has 1 aliphatic rings. The van der Waals surface area contributed by atoms with Crippen molar-refractivity contribution in [3.05, 3.63) is 64.7 Å². The zero-order chi connectivity index (χ0) is 18.8. The smallest absolute Gasteiger partial charge is 0.246 e. The molecule has 0 spiro atoms. The van der Waals surface area contributed by atoms with Crippen LogP contribution in [0, 0.1) is 0 Å². The third-order valence-electron chi connectivity index (χ3n) is 4.60. The van der Waals surface area contributed by atoms with Gasteiger partial charge >= 0.3 is 0 Å². The van der Waals surface area contributed by atoms with Gasteiger partial charge in [-0.25, -0.2) is 4.98 Å². The van der Waals surface area contributed by atoms with Gasteiger partial charge in [0.05, 0.1) is 0 Å². The first-order valence-corrected chi connectivity index (χ1v) is 9.64. The Bertz CT molecular complexity index is 1050. The number of amides is 2. The summed E-state index contributed by atoms with van der Waals surface area (Å²) in [6, 6.07) is 10.4. The van der Waals surface area contributed by atoms with Crippen molar-refractivity contribution in [3.8, 4) is 0 Å². The molecule has 2 amide bonds. The number of hydrogen-bond donors (Lipinski definition) is 1. The van der Waals surface area contributed by atoms with Crippen LogP contribution in [0.25, 0.3) is 16.2 Å². The number of fused-ring (bicyclic) bond motifs is 2. The van der Waals surface area contributed by atoms with Gasteiger partial charge in [-0.2, -0.15) is 0 Å². The lowest BCUT2D eigenvalue weighted by Gasteiger charge is -2.16. The molecule has 1 N–H and O–H groups in total. The van der Waals surface area contributed by atoms with Crippen LogP contribution in [0.1, 0.15) is 23.1 Å². The van der Waals surface area contributed by atoms with Gasteiger partial charge in [0.25, 0.3) is 0 Å². The number of aromatic nitrogens is 1. The monoisotopic (exact) mass is 377 g/mol. The van der Waals surface area contributed by atoms with E-state index in [1.807, 2.05) is 6.07 Å². The van der Waals surface area contributed by atoms with E-state index in [0.717, 1.165) is 16.7 Å². The molecular formula is C21H19N3O2S. The Balaban J connectivity index is 1.42. The molecule has 0 saturated carbocycles. The van der Waals surface area contributed by atoms with Crippen LogP contribution in [0.15, 0.2) is 48.0 Å². The van der Waals surface area contributed by atoms with Crippen LogP contribution >= 0.6 is 11.3 Å². The second-order valence-electron chi connectivity index (χ2n) is 6.64. The summed E-state index contributed by atoms with van der Waals surface area (Å²) >= 11 is 1.72. The zero-order valence-electron chi connectivity index (χ0n) is 14.9. The quantitative estimate of drug-likeness (QED) is 0.703. The van der Waals surface area contributed by atoms with Gasteiger partial charge in [-0.3, -0.25) is 9.59 Å². The number of nitrogens with one attached hydrogen (secondary N) is 1. The van der Waals surface area contributed by atoms with Crippen molar-refractivity contribution in [1.29, 1.82) is 0 Å². The molecule has 0 unspecified atom stereocenters. The van der Waals surface area contributed by atoms with E-state index in [4.69, 9.17) is 0 Å². The van der Waals surface area contributed by atoms with Crippen LogP contribution in [0.5, 0.6) is 0 Å². The number of anilines is 1. The predicted molar refractivity (Wildman–Crippen MR) is 109 cm³/mol. The maximum atomic E-state index is 12.4. The highest BCUT2D eigenvalue weighted by molar-refractivity contribution is 7.17. The van der Waals surface area contributed by atoms with Crippen LogP contribution in [0.4, 0.5) is 5.82 Å². The number of thiophene rings is 1. The van der Waals surface area contributed by atoms with Crippen molar-refractivity contribution < 1.29 is 9.59 Å². The summed E-state index contributed by atoms with van der Waals surface area (Å²) in [6.45, 7) is 0.559. The number of carbonyl (C=O) groups excluding carboxylic acids is 2. The molecule has 6 heteroatoms. The van der Waals surface area contributed by atoms with Crippen LogP contribution in [0.3, 0.4) is 0 Å². The van der Waals surface area contributed by atoms with Gasteiger partial charge in [0.2, 0.25) is 11.8 Å². The highest BCUT2D eigenvalue weighted by Gasteiger charge is 2.15. The zero-order valence-corrected chi connectivity index (χ0v) is 15.8. The van der Waals surface area contributed by atoms with Crippen LogP contribution < -0.4 is 5.32 Å². The molecule has 0 fully saturated rings. The van der Waals surface area contributed by atoms with Crippen molar-refractivity contribution >= 4 is 45.1 Å². The lowest BCUT2D eigenvalue weighted by molar-refractivity contribution is -0.125. The number of hydrogen-bond acceptors (Lipinski definition) is 4. The van der Waals surface area contributed by atoms with Gasteiger partial charge < -0.3 is 10.2 Å². The Labute approximate surface area is 161 Å². The fraction of sp³-hybridized carbons (Fsp3) is 0.190. The van der Waals surface area contributed by atoms with E-state index in [9.17, 15) is 9.59 Å². The molecule has 0 bridgehead atoms. The maximum Gasteiger partial charge on any atom is 0.246 e. The molecule has 0 aliphatic carbocycles. The Hall–Kier alpha value is -2.99. The molecule has 3 heterocycles. The summed E-state index contributed by atoms with van der Waals surface area (Å²) in [5.41, 5.74) is 2.96. The largest absolute Gasteiger partial charge is 0.338 e.